The standard InChI is InChI=1S/C16H24N2O3/c1-18(15-7-5-4-6-14(15)17)16(19)11-8-12(20-2)10-13(9-11)21-3/h8-10,14-15H,4-7,17H2,1-3H3. The number of ether oxygens (including phenoxy) is 2. The van der Waals surface area contributed by atoms with Crippen molar-refractivity contribution >= 4 is 5.91 Å². The predicted molar refractivity (Wildman–Crippen MR) is 81.9 cm³/mol. The van der Waals surface area contributed by atoms with E-state index in [1.165, 1.54) is 0 Å². The van der Waals surface area contributed by atoms with Crippen molar-refractivity contribution in [3.63, 3.8) is 0 Å². The fourth-order valence-corrected chi connectivity index (χ4v) is 2.91. The van der Waals surface area contributed by atoms with E-state index in [0.717, 1.165) is 25.7 Å². The van der Waals surface area contributed by atoms with E-state index >= 15 is 0 Å². The minimum atomic E-state index is -0.0467. The van der Waals surface area contributed by atoms with Crippen LogP contribution in [0.15, 0.2) is 18.2 Å². The molecule has 0 aromatic heterocycles. The molecule has 2 N–H and O–H groups in total. The minimum Gasteiger partial charge on any atom is -0.497 e. The Morgan fingerprint density at radius 3 is 2.24 bits per heavy atom. The van der Waals surface area contributed by atoms with Crippen LogP contribution >= 0.6 is 0 Å². The van der Waals surface area contributed by atoms with E-state index in [0.29, 0.717) is 17.1 Å². The van der Waals surface area contributed by atoms with Crippen LogP contribution in [0.25, 0.3) is 0 Å². The van der Waals surface area contributed by atoms with Gasteiger partial charge < -0.3 is 20.1 Å². The van der Waals surface area contributed by atoms with E-state index in [4.69, 9.17) is 15.2 Å². The molecule has 2 unspecified atom stereocenters. The zero-order valence-electron chi connectivity index (χ0n) is 13.0. The monoisotopic (exact) mass is 292 g/mol. The zero-order chi connectivity index (χ0) is 15.4. The molecule has 0 radical (unpaired) electrons. The van der Waals surface area contributed by atoms with Gasteiger partial charge in [-0.05, 0) is 25.0 Å². The van der Waals surface area contributed by atoms with E-state index in [-0.39, 0.29) is 18.0 Å². The number of amides is 1. The van der Waals surface area contributed by atoms with E-state index in [2.05, 4.69) is 0 Å². The van der Waals surface area contributed by atoms with Gasteiger partial charge in [0.1, 0.15) is 11.5 Å². The molecule has 1 aromatic rings. The molecule has 5 nitrogen and oxygen atoms in total. The normalized spacial score (nSPS) is 21.7. The molecule has 1 aromatic carbocycles. The van der Waals surface area contributed by atoms with Gasteiger partial charge in [0.2, 0.25) is 0 Å². The van der Waals surface area contributed by atoms with Crippen LogP contribution in [0.3, 0.4) is 0 Å². The van der Waals surface area contributed by atoms with E-state index in [1.807, 2.05) is 7.05 Å². The smallest absolute Gasteiger partial charge is 0.254 e. The number of carbonyl (C=O) groups is 1. The lowest BCUT2D eigenvalue weighted by Gasteiger charge is -2.36. The van der Waals surface area contributed by atoms with E-state index in [1.54, 1.807) is 37.3 Å². The molecule has 21 heavy (non-hydrogen) atoms. The first-order valence-electron chi connectivity index (χ1n) is 7.32. The van der Waals surface area contributed by atoms with Crippen LogP contribution in [0, 0.1) is 0 Å². The van der Waals surface area contributed by atoms with Crippen molar-refractivity contribution in [1.29, 1.82) is 0 Å². The number of carbonyl (C=O) groups excluding carboxylic acids is 1. The van der Waals surface area contributed by atoms with Crippen LogP contribution in [0.5, 0.6) is 11.5 Å². The Balaban J connectivity index is 2.22. The lowest BCUT2D eigenvalue weighted by atomic mass is 9.90. The van der Waals surface area contributed by atoms with Crippen molar-refractivity contribution in [1.82, 2.24) is 4.90 Å². The van der Waals surface area contributed by atoms with E-state index < -0.39 is 0 Å². The summed E-state index contributed by atoms with van der Waals surface area (Å²) in [6.07, 6.45) is 4.21. The first-order valence-corrected chi connectivity index (χ1v) is 7.32. The fraction of sp³-hybridized carbons (Fsp3) is 0.562. The van der Waals surface area contributed by atoms with Crippen LogP contribution in [-0.4, -0.2) is 44.2 Å². The van der Waals surface area contributed by atoms with Crippen LogP contribution < -0.4 is 15.2 Å². The number of hydrogen-bond acceptors (Lipinski definition) is 4. The van der Waals surface area contributed by atoms with Crippen LogP contribution in [0.4, 0.5) is 0 Å². The van der Waals surface area contributed by atoms with Gasteiger partial charge in [0.25, 0.3) is 5.91 Å². The SMILES string of the molecule is COc1cc(OC)cc(C(=O)N(C)C2CCCCC2N)c1. The van der Waals surface area contributed by atoms with Gasteiger partial charge >= 0.3 is 0 Å². The Morgan fingerprint density at radius 2 is 1.71 bits per heavy atom. The molecule has 0 heterocycles. The van der Waals surface area contributed by atoms with Crippen molar-refractivity contribution in [2.24, 2.45) is 5.73 Å². The van der Waals surface area contributed by atoms with Gasteiger partial charge in [-0.3, -0.25) is 4.79 Å². The second kappa shape index (κ2) is 6.80. The highest BCUT2D eigenvalue weighted by atomic mass is 16.5. The molecule has 1 saturated carbocycles. The van der Waals surface area contributed by atoms with Gasteiger partial charge in [-0.15, -0.1) is 0 Å². The maximum Gasteiger partial charge on any atom is 0.254 e. The summed E-state index contributed by atoms with van der Waals surface area (Å²) in [6, 6.07) is 5.37. The van der Waals surface area contributed by atoms with Gasteiger partial charge in [-0.1, -0.05) is 12.8 Å². The van der Waals surface area contributed by atoms with Gasteiger partial charge in [0.15, 0.2) is 0 Å². The van der Waals surface area contributed by atoms with Gasteiger partial charge in [0, 0.05) is 30.8 Å². The summed E-state index contributed by atoms with van der Waals surface area (Å²) in [6.45, 7) is 0. The summed E-state index contributed by atoms with van der Waals surface area (Å²) in [5.74, 6) is 1.17. The number of nitrogens with zero attached hydrogens (tertiary/aromatic N) is 1. The summed E-state index contributed by atoms with van der Waals surface area (Å²) in [4.78, 5) is 14.4. The zero-order valence-corrected chi connectivity index (χ0v) is 13.0. The topological polar surface area (TPSA) is 64.8 Å². The third-order valence-corrected chi connectivity index (χ3v) is 4.20. The number of rotatable bonds is 4. The maximum absolute atomic E-state index is 12.7. The highest BCUT2D eigenvalue weighted by Crippen LogP contribution is 2.26. The molecule has 1 fully saturated rings. The second-order valence-electron chi connectivity index (χ2n) is 5.53. The van der Waals surface area contributed by atoms with Crippen molar-refractivity contribution in [2.75, 3.05) is 21.3 Å². The third-order valence-electron chi connectivity index (χ3n) is 4.20. The summed E-state index contributed by atoms with van der Waals surface area (Å²) >= 11 is 0. The molecule has 1 aliphatic carbocycles. The molecule has 0 spiro atoms. The molecular weight excluding hydrogens is 268 g/mol. The summed E-state index contributed by atoms with van der Waals surface area (Å²) in [5, 5.41) is 0. The average molecular weight is 292 g/mol. The molecule has 5 heteroatoms. The lowest BCUT2D eigenvalue weighted by molar-refractivity contribution is 0.0671. The molecule has 116 valence electrons. The second-order valence-corrected chi connectivity index (χ2v) is 5.53. The summed E-state index contributed by atoms with van der Waals surface area (Å²) < 4.78 is 10.4. The van der Waals surface area contributed by atoms with Crippen LogP contribution in [-0.2, 0) is 0 Å². The Hall–Kier alpha value is -1.75. The predicted octanol–water partition coefficient (Wildman–Crippen LogP) is 2.05. The van der Waals surface area contributed by atoms with Gasteiger partial charge in [-0.25, -0.2) is 0 Å². The van der Waals surface area contributed by atoms with Crippen LogP contribution in [0.1, 0.15) is 36.0 Å². The number of benzene rings is 1. The molecule has 0 aliphatic heterocycles. The number of nitrogens with two attached hydrogens (primary N) is 1. The minimum absolute atomic E-state index is 0.0467. The van der Waals surface area contributed by atoms with E-state index in [9.17, 15) is 4.79 Å². The van der Waals surface area contributed by atoms with Crippen molar-refractivity contribution in [2.45, 2.75) is 37.8 Å². The van der Waals surface area contributed by atoms with Gasteiger partial charge in [-0.2, -0.15) is 0 Å². The molecule has 1 aliphatic rings. The largest absolute Gasteiger partial charge is 0.497 e. The number of methoxy groups -OCH3 is 2. The van der Waals surface area contributed by atoms with Crippen LogP contribution in [0.2, 0.25) is 0 Å². The number of likely N-dealkylation sites (N-methyl/N-ethyl adjacent to an activating group) is 1. The first kappa shape index (κ1) is 15.6. The molecular formula is C16H24N2O3. The number of hydrogen-bond donors (Lipinski definition) is 1. The molecule has 0 saturated heterocycles. The molecule has 2 rings (SSSR count). The summed E-state index contributed by atoms with van der Waals surface area (Å²) in [7, 11) is 4.97. The first-order chi connectivity index (χ1) is 10.1. The Morgan fingerprint density at radius 1 is 1.14 bits per heavy atom. The fourth-order valence-electron chi connectivity index (χ4n) is 2.91. The Kier molecular flexibility index (Phi) is 5.07. The lowest BCUT2D eigenvalue weighted by Crippen LogP contribution is -2.50. The highest BCUT2D eigenvalue weighted by molar-refractivity contribution is 5.95. The molecule has 0 bridgehead atoms. The van der Waals surface area contributed by atoms with Gasteiger partial charge in [0.05, 0.1) is 14.2 Å². The maximum atomic E-state index is 12.7. The summed E-state index contributed by atoms with van der Waals surface area (Å²) in [5.41, 5.74) is 6.73. The van der Waals surface area contributed by atoms with Crippen molar-refractivity contribution < 1.29 is 14.3 Å². The quantitative estimate of drug-likeness (QED) is 0.922. The van der Waals surface area contributed by atoms with Crippen molar-refractivity contribution in [3.05, 3.63) is 23.8 Å². The average Bonchev–Trinajstić information content (AvgIpc) is 2.53. The third kappa shape index (κ3) is 3.47. The Labute approximate surface area is 126 Å². The highest BCUT2D eigenvalue weighted by Gasteiger charge is 2.29. The van der Waals surface area contributed by atoms with Crippen molar-refractivity contribution in [3.8, 4) is 11.5 Å². The molecule has 1 amide bonds. The Bertz CT molecular complexity index is 482. The molecule has 2 atom stereocenters.